The van der Waals surface area contributed by atoms with Gasteiger partial charge in [0.1, 0.15) is 18.2 Å². The van der Waals surface area contributed by atoms with Crippen molar-refractivity contribution in [1.29, 1.82) is 0 Å². The van der Waals surface area contributed by atoms with Gasteiger partial charge in [0.05, 0.1) is 12.3 Å². The van der Waals surface area contributed by atoms with Crippen molar-refractivity contribution in [3.05, 3.63) is 35.5 Å². The van der Waals surface area contributed by atoms with Crippen LogP contribution in [0.5, 0.6) is 5.88 Å². The number of ether oxygens (including phenoxy) is 2. The lowest BCUT2D eigenvalue weighted by atomic mass is 10.0. The highest BCUT2D eigenvalue weighted by Gasteiger charge is 2.52. The zero-order valence-corrected chi connectivity index (χ0v) is 15.9. The molecule has 1 aliphatic heterocycles. The summed E-state index contributed by atoms with van der Waals surface area (Å²) >= 11 is 0. The maximum absolute atomic E-state index is 11.4. The maximum Gasteiger partial charge on any atom is 0.222 e. The fourth-order valence-corrected chi connectivity index (χ4v) is 3.64. The molecule has 3 heterocycles. The molecule has 2 aromatic heterocycles. The molecular formula is C20H24N4O3. The molecule has 27 heavy (non-hydrogen) atoms. The fourth-order valence-electron chi connectivity index (χ4n) is 3.64. The van der Waals surface area contributed by atoms with Gasteiger partial charge >= 0.3 is 0 Å². The summed E-state index contributed by atoms with van der Waals surface area (Å²) in [5, 5.41) is 2.78. The topological polar surface area (TPSA) is 76.6 Å². The quantitative estimate of drug-likeness (QED) is 0.790. The van der Waals surface area contributed by atoms with E-state index in [2.05, 4.69) is 21.3 Å². The molecule has 7 nitrogen and oxygen atoms in total. The predicted molar refractivity (Wildman–Crippen MR) is 103 cm³/mol. The van der Waals surface area contributed by atoms with Crippen molar-refractivity contribution in [2.24, 2.45) is 0 Å². The summed E-state index contributed by atoms with van der Waals surface area (Å²) in [6, 6.07) is 5.93. The van der Waals surface area contributed by atoms with E-state index in [1.165, 1.54) is 12.5 Å². The van der Waals surface area contributed by atoms with E-state index < -0.39 is 0 Å². The number of methoxy groups -OCH3 is 1. The minimum atomic E-state index is -0.129. The van der Waals surface area contributed by atoms with Gasteiger partial charge in [-0.3, -0.25) is 4.79 Å². The highest BCUT2D eigenvalue weighted by molar-refractivity contribution is 5.89. The van der Waals surface area contributed by atoms with Crippen LogP contribution >= 0.6 is 0 Å². The third kappa shape index (κ3) is 3.47. The normalized spacial score (nSPS) is 16.3. The molecule has 0 saturated heterocycles. The van der Waals surface area contributed by atoms with Gasteiger partial charge in [-0.15, -0.1) is 0 Å². The number of carbonyl (C=O) groups is 1. The number of rotatable bonds is 6. The Morgan fingerprint density at radius 2 is 2.11 bits per heavy atom. The Labute approximate surface area is 158 Å². The SMILES string of the molecule is COCCOc1cc(C)cc(N2CC3(CC3)c3cnc(NC(C)=O)cc32)n1. The van der Waals surface area contributed by atoms with Gasteiger partial charge in [-0.1, -0.05) is 0 Å². The Hall–Kier alpha value is -2.67. The monoisotopic (exact) mass is 368 g/mol. The molecule has 0 unspecified atom stereocenters. The number of amides is 1. The van der Waals surface area contributed by atoms with Gasteiger partial charge in [0.2, 0.25) is 11.8 Å². The molecule has 1 N–H and O–H groups in total. The molecule has 1 fully saturated rings. The fraction of sp³-hybridized carbons (Fsp3) is 0.450. The Morgan fingerprint density at radius 3 is 2.81 bits per heavy atom. The summed E-state index contributed by atoms with van der Waals surface area (Å²) < 4.78 is 10.8. The second-order valence-corrected chi connectivity index (χ2v) is 7.32. The Morgan fingerprint density at radius 1 is 1.30 bits per heavy atom. The summed E-state index contributed by atoms with van der Waals surface area (Å²) in [4.78, 5) is 22.8. The van der Waals surface area contributed by atoms with E-state index in [-0.39, 0.29) is 11.3 Å². The predicted octanol–water partition coefficient (Wildman–Crippen LogP) is 2.95. The van der Waals surface area contributed by atoms with Crippen LogP contribution in [0.25, 0.3) is 0 Å². The van der Waals surface area contributed by atoms with Gasteiger partial charge in [-0.25, -0.2) is 4.98 Å². The molecule has 0 atom stereocenters. The molecule has 1 saturated carbocycles. The zero-order chi connectivity index (χ0) is 19.0. The number of hydrogen-bond donors (Lipinski definition) is 1. The number of pyridine rings is 2. The molecule has 1 aliphatic carbocycles. The molecule has 142 valence electrons. The van der Waals surface area contributed by atoms with Crippen molar-refractivity contribution >= 4 is 23.2 Å². The second-order valence-electron chi connectivity index (χ2n) is 7.32. The standard InChI is InChI=1S/C20H24N4O3/c1-13-8-18(23-19(9-13)27-7-6-26-3)24-12-20(4-5-20)15-11-21-17(10-16(15)24)22-14(2)25/h8-11H,4-7,12H2,1-3H3,(H,21,22,25). The minimum absolute atomic E-state index is 0.129. The van der Waals surface area contributed by atoms with Crippen LogP contribution in [0.1, 0.15) is 30.9 Å². The van der Waals surface area contributed by atoms with E-state index in [4.69, 9.17) is 14.5 Å². The van der Waals surface area contributed by atoms with Crippen molar-refractivity contribution in [2.75, 3.05) is 37.1 Å². The number of anilines is 3. The van der Waals surface area contributed by atoms with Crippen LogP contribution in [0.15, 0.2) is 24.4 Å². The van der Waals surface area contributed by atoms with Crippen molar-refractivity contribution < 1.29 is 14.3 Å². The van der Waals surface area contributed by atoms with E-state index >= 15 is 0 Å². The summed E-state index contributed by atoms with van der Waals surface area (Å²) in [5.41, 5.74) is 3.55. The van der Waals surface area contributed by atoms with Crippen LogP contribution in [-0.4, -0.2) is 42.7 Å². The minimum Gasteiger partial charge on any atom is -0.475 e. The zero-order valence-electron chi connectivity index (χ0n) is 15.9. The van der Waals surface area contributed by atoms with Gasteiger partial charge < -0.3 is 19.7 Å². The lowest BCUT2D eigenvalue weighted by Crippen LogP contribution is -2.20. The van der Waals surface area contributed by atoms with Crippen LogP contribution < -0.4 is 15.0 Å². The van der Waals surface area contributed by atoms with Gasteiger partial charge in [0, 0.05) is 49.9 Å². The molecule has 1 amide bonds. The van der Waals surface area contributed by atoms with Crippen LogP contribution in [0.2, 0.25) is 0 Å². The first-order valence-electron chi connectivity index (χ1n) is 9.17. The summed E-state index contributed by atoms with van der Waals surface area (Å²) in [7, 11) is 1.65. The average Bonchev–Trinajstić information content (AvgIpc) is 3.32. The molecule has 2 aliphatic rings. The summed E-state index contributed by atoms with van der Waals surface area (Å²) in [6.45, 7) is 5.38. The lowest BCUT2D eigenvalue weighted by molar-refractivity contribution is -0.114. The van der Waals surface area contributed by atoms with Crippen LogP contribution in [0.4, 0.5) is 17.3 Å². The van der Waals surface area contributed by atoms with Crippen LogP contribution in [0, 0.1) is 6.92 Å². The first-order chi connectivity index (χ1) is 13.0. The molecule has 0 radical (unpaired) electrons. The number of hydrogen-bond acceptors (Lipinski definition) is 6. The van der Waals surface area contributed by atoms with Gasteiger partial charge in [0.25, 0.3) is 0 Å². The van der Waals surface area contributed by atoms with Crippen molar-refractivity contribution in [1.82, 2.24) is 9.97 Å². The highest BCUT2D eigenvalue weighted by atomic mass is 16.5. The van der Waals surface area contributed by atoms with E-state index in [1.807, 2.05) is 25.3 Å². The molecule has 2 aromatic rings. The molecular weight excluding hydrogens is 344 g/mol. The largest absolute Gasteiger partial charge is 0.475 e. The number of fused-ring (bicyclic) bond motifs is 2. The van der Waals surface area contributed by atoms with E-state index in [0.29, 0.717) is 24.9 Å². The molecule has 0 bridgehead atoms. The van der Waals surface area contributed by atoms with Gasteiger partial charge in [-0.2, -0.15) is 4.98 Å². The molecule has 4 rings (SSSR count). The third-order valence-corrected chi connectivity index (χ3v) is 5.11. The van der Waals surface area contributed by atoms with E-state index in [9.17, 15) is 4.79 Å². The van der Waals surface area contributed by atoms with Crippen LogP contribution in [0.3, 0.4) is 0 Å². The smallest absolute Gasteiger partial charge is 0.222 e. The lowest BCUT2D eigenvalue weighted by Gasteiger charge is -2.20. The van der Waals surface area contributed by atoms with Crippen molar-refractivity contribution in [3.8, 4) is 5.88 Å². The first-order valence-corrected chi connectivity index (χ1v) is 9.17. The maximum atomic E-state index is 11.4. The van der Waals surface area contributed by atoms with Gasteiger partial charge in [-0.05, 0) is 31.4 Å². The first kappa shape index (κ1) is 17.7. The number of nitrogens with zero attached hydrogens (tertiary/aromatic N) is 3. The summed E-state index contributed by atoms with van der Waals surface area (Å²) in [6.07, 6.45) is 4.21. The number of nitrogens with one attached hydrogen (secondary N) is 1. The Kier molecular flexibility index (Phi) is 4.47. The second kappa shape index (κ2) is 6.81. The molecule has 1 spiro atoms. The molecule has 0 aromatic carbocycles. The van der Waals surface area contributed by atoms with Crippen LogP contribution in [-0.2, 0) is 14.9 Å². The number of aromatic nitrogens is 2. The highest BCUT2D eigenvalue weighted by Crippen LogP contribution is 2.58. The van der Waals surface area contributed by atoms with E-state index in [0.717, 1.165) is 36.5 Å². The van der Waals surface area contributed by atoms with Gasteiger partial charge in [0.15, 0.2) is 0 Å². The Balaban J connectivity index is 1.68. The Bertz CT molecular complexity index is 880. The van der Waals surface area contributed by atoms with Crippen molar-refractivity contribution in [3.63, 3.8) is 0 Å². The number of aryl methyl sites for hydroxylation is 1. The van der Waals surface area contributed by atoms with E-state index in [1.54, 1.807) is 7.11 Å². The number of carbonyl (C=O) groups excluding carboxylic acids is 1. The van der Waals surface area contributed by atoms with Crippen molar-refractivity contribution in [2.45, 2.75) is 32.1 Å². The third-order valence-electron chi connectivity index (χ3n) is 5.11. The molecule has 7 heteroatoms. The average molecular weight is 368 g/mol. The summed E-state index contributed by atoms with van der Waals surface area (Å²) in [5.74, 6) is 1.88.